The molecule has 1 aliphatic rings. The molecule has 1 fully saturated rings. The molecule has 2 atom stereocenters. The molecule has 1 aromatic heterocycles. The molecule has 1 heterocycles. The Kier molecular flexibility index (Phi) is 3.85. The largest absolute Gasteiger partial charge is 0.383 e. The van der Waals surface area contributed by atoms with Crippen LogP contribution in [0.2, 0.25) is 0 Å². The fourth-order valence-electron chi connectivity index (χ4n) is 1.94. The highest BCUT2D eigenvalue weighted by Crippen LogP contribution is 2.33. The minimum atomic E-state index is 0.231. The van der Waals surface area contributed by atoms with Gasteiger partial charge in [0, 0.05) is 37.8 Å². The van der Waals surface area contributed by atoms with Gasteiger partial charge < -0.3 is 10.1 Å². The highest BCUT2D eigenvalue weighted by molar-refractivity contribution is 5.02. The minimum Gasteiger partial charge on any atom is -0.383 e. The predicted molar refractivity (Wildman–Crippen MR) is 62.0 cm³/mol. The van der Waals surface area contributed by atoms with Gasteiger partial charge in [0.1, 0.15) is 0 Å². The van der Waals surface area contributed by atoms with Gasteiger partial charge in [-0.15, -0.1) is 0 Å². The van der Waals surface area contributed by atoms with Crippen LogP contribution in [0.25, 0.3) is 0 Å². The lowest BCUT2D eigenvalue weighted by molar-refractivity contribution is 0.152. The SMILES string of the molecule is COCC(NC(C)c1cnccn1)C1CC1. The average Bonchev–Trinajstić information content (AvgIpc) is 3.13. The molecular weight excluding hydrogens is 202 g/mol. The summed E-state index contributed by atoms with van der Waals surface area (Å²) < 4.78 is 5.24. The number of hydrogen-bond donors (Lipinski definition) is 1. The van der Waals surface area contributed by atoms with Crippen molar-refractivity contribution in [2.45, 2.75) is 31.8 Å². The van der Waals surface area contributed by atoms with Gasteiger partial charge in [0.05, 0.1) is 12.3 Å². The molecule has 0 radical (unpaired) electrons. The third-order valence-corrected chi connectivity index (χ3v) is 3.03. The second kappa shape index (κ2) is 5.37. The van der Waals surface area contributed by atoms with E-state index in [4.69, 9.17) is 4.74 Å². The molecule has 1 N–H and O–H groups in total. The maximum atomic E-state index is 5.24. The third-order valence-electron chi connectivity index (χ3n) is 3.03. The summed E-state index contributed by atoms with van der Waals surface area (Å²) in [5.74, 6) is 0.777. The number of rotatable bonds is 6. The normalized spacial score (nSPS) is 19.4. The molecule has 0 saturated heterocycles. The van der Waals surface area contributed by atoms with E-state index in [0.29, 0.717) is 6.04 Å². The monoisotopic (exact) mass is 221 g/mol. The molecule has 4 nitrogen and oxygen atoms in total. The van der Waals surface area contributed by atoms with Crippen molar-refractivity contribution >= 4 is 0 Å². The predicted octanol–water partition coefficient (Wildman–Crippen LogP) is 1.55. The van der Waals surface area contributed by atoms with Crippen LogP contribution in [0.15, 0.2) is 18.6 Å². The van der Waals surface area contributed by atoms with Crippen molar-refractivity contribution in [2.75, 3.05) is 13.7 Å². The van der Waals surface area contributed by atoms with Gasteiger partial charge in [-0.25, -0.2) is 0 Å². The Hall–Kier alpha value is -1.00. The van der Waals surface area contributed by atoms with Gasteiger partial charge in [-0.05, 0) is 25.7 Å². The first-order valence-corrected chi connectivity index (χ1v) is 5.82. The van der Waals surface area contributed by atoms with Gasteiger partial charge in [0.15, 0.2) is 0 Å². The molecule has 16 heavy (non-hydrogen) atoms. The van der Waals surface area contributed by atoms with E-state index < -0.39 is 0 Å². The van der Waals surface area contributed by atoms with Crippen LogP contribution in [0.3, 0.4) is 0 Å². The van der Waals surface area contributed by atoms with Gasteiger partial charge in [0.2, 0.25) is 0 Å². The van der Waals surface area contributed by atoms with Crippen molar-refractivity contribution in [3.05, 3.63) is 24.3 Å². The zero-order valence-corrected chi connectivity index (χ0v) is 9.89. The quantitative estimate of drug-likeness (QED) is 0.791. The first-order valence-electron chi connectivity index (χ1n) is 5.82. The Balaban J connectivity index is 1.92. The third kappa shape index (κ3) is 3.00. The molecule has 1 aromatic rings. The summed E-state index contributed by atoms with van der Waals surface area (Å²) >= 11 is 0. The summed E-state index contributed by atoms with van der Waals surface area (Å²) in [6, 6.07) is 0.677. The van der Waals surface area contributed by atoms with Crippen LogP contribution in [0.5, 0.6) is 0 Å². The van der Waals surface area contributed by atoms with Gasteiger partial charge in [-0.2, -0.15) is 0 Å². The number of aromatic nitrogens is 2. The maximum absolute atomic E-state index is 5.24. The second-order valence-corrected chi connectivity index (χ2v) is 4.42. The molecule has 2 unspecified atom stereocenters. The molecule has 4 heteroatoms. The summed E-state index contributed by atoms with van der Waals surface area (Å²) in [6.07, 6.45) is 7.87. The van der Waals surface area contributed by atoms with E-state index in [-0.39, 0.29) is 6.04 Å². The van der Waals surface area contributed by atoms with Crippen molar-refractivity contribution < 1.29 is 4.74 Å². The lowest BCUT2D eigenvalue weighted by Crippen LogP contribution is -2.37. The highest BCUT2D eigenvalue weighted by Gasteiger charge is 2.32. The number of nitrogens with one attached hydrogen (secondary N) is 1. The Morgan fingerprint density at radius 2 is 2.31 bits per heavy atom. The summed E-state index contributed by atoms with van der Waals surface area (Å²) in [5.41, 5.74) is 0.990. The van der Waals surface area contributed by atoms with E-state index in [9.17, 15) is 0 Å². The van der Waals surface area contributed by atoms with Gasteiger partial charge in [-0.3, -0.25) is 9.97 Å². The first kappa shape index (κ1) is 11.5. The molecule has 1 aliphatic carbocycles. The zero-order chi connectivity index (χ0) is 11.4. The molecule has 0 bridgehead atoms. The fourth-order valence-corrected chi connectivity index (χ4v) is 1.94. The Morgan fingerprint density at radius 3 is 2.88 bits per heavy atom. The molecule has 0 amide bonds. The smallest absolute Gasteiger partial charge is 0.0753 e. The van der Waals surface area contributed by atoms with E-state index in [1.807, 2.05) is 6.20 Å². The van der Waals surface area contributed by atoms with Gasteiger partial charge in [-0.1, -0.05) is 0 Å². The molecular formula is C12H19N3O. The van der Waals surface area contributed by atoms with Gasteiger partial charge in [0.25, 0.3) is 0 Å². The van der Waals surface area contributed by atoms with Crippen LogP contribution in [-0.4, -0.2) is 29.7 Å². The lowest BCUT2D eigenvalue weighted by atomic mass is 10.1. The van der Waals surface area contributed by atoms with Crippen molar-refractivity contribution in [1.82, 2.24) is 15.3 Å². The number of nitrogens with zero attached hydrogens (tertiary/aromatic N) is 2. The van der Waals surface area contributed by atoms with Crippen molar-refractivity contribution in [3.8, 4) is 0 Å². The summed E-state index contributed by atoms with van der Waals surface area (Å²) in [6.45, 7) is 2.89. The highest BCUT2D eigenvalue weighted by atomic mass is 16.5. The Morgan fingerprint density at radius 1 is 1.50 bits per heavy atom. The van der Waals surface area contributed by atoms with E-state index in [1.54, 1.807) is 19.5 Å². The fraction of sp³-hybridized carbons (Fsp3) is 0.667. The summed E-state index contributed by atoms with van der Waals surface area (Å²) in [5, 5.41) is 3.57. The lowest BCUT2D eigenvalue weighted by Gasteiger charge is -2.22. The standard InChI is InChI=1S/C12H19N3O/c1-9(11-7-13-5-6-14-11)15-12(8-16-2)10-3-4-10/h5-7,9-10,12,15H,3-4,8H2,1-2H3. The summed E-state index contributed by atoms with van der Waals surface area (Å²) in [7, 11) is 1.75. The summed E-state index contributed by atoms with van der Waals surface area (Å²) in [4.78, 5) is 8.39. The van der Waals surface area contributed by atoms with Crippen LogP contribution in [0, 0.1) is 5.92 Å². The Labute approximate surface area is 96.4 Å². The number of methoxy groups -OCH3 is 1. The minimum absolute atomic E-state index is 0.231. The maximum Gasteiger partial charge on any atom is 0.0753 e. The topological polar surface area (TPSA) is 47.0 Å². The second-order valence-electron chi connectivity index (χ2n) is 4.42. The van der Waals surface area contributed by atoms with Crippen LogP contribution in [-0.2, 0) is 4.74 Å². The molecule has 88 valence electrons. The van der Waals surface area contributed by atoms with E-state index in [0.717, 1.165) is 18.2 Å². The molecule has 0 spiro atoms. The molecule has 1 saturated carbocycles. The molecule has 0 aromatic carbocycles. The number of hydrogen-bond acceptors (Lipinski definition) is 4. The van der Waals surface area contributed by atoms with Crippen molar-refractivity contribution in [2.24, 2.45) is 5.92 Å². The molecule has 2 rings (SSSR count). The van der Waals surface area contributed by atoms with Crippen LogP contribution in [0.4, 0.5) is 0 Å². The van der Waals surface area contributed by atoms with Crippen molar-refractivity contribution in [3.63, 3.8) is 0 Å². The Bertz CT molecular complexity index is 313. The van der Waals surface area contributed by atoms with E-state index in [1.165, 1.54) is 12.8 Å². The first-order chi connectivity index (χ1) is 7.81. The van der Waals surface area contributed by atoms with Gasteiger partial charge >= 0.3 is 0 Å². The van der Waals surface area contributed by atoms with Crippen molar-refractivity contribution in [1.29, 1.82) is 0 Å². The number of ether oxygens (including phenoxy) is 1. The van der Waals surface area contributed by atoms with Crippen LogP contribution < -0.4 is 5.32 Å². The van der Waals surface area contributed by atoms with E-state index in [2.05, 4.69) is 22.2 Å². The average molecular weight is 221 g/mol. The molecule has 0 aliphatic heterocycles. The van der Waals surface area contributed by atoms with Crippen LogP contribution in [0.1, 0.15) is 31.5 Å². The zero-order valence-electron chi connectivity index (χ0n) is 9.89. The van der Waals surface area contributed by atoms with Crippen LogP contribution >= 0.6 is 0 Å². The van der Waals surface area contributed by atoms with E-state index >= 15 is 0 Å².